The molecule has 7 heteroatoms. The average Bonchev–Trinajstić information content (AvgIpc) is 3.15. The number of carbonyl (C=O) groups is 1. The lowest BCUT2D eigenvalue weighted by molar-refractivity contribution is -0.116. The summed E-state index contributed by atoms with van der Waals surface area (Å²) in [6, 6.07) is 17.6. The maximum Gasteiger partial charge on any atom is 0.227 e. The molecule has 0 spiro atoms. The van der Waals surface area contributed by atoms with Gasteiger partial charge in [0.25, 0.3) is 0 Å². The zero-order valence-electron chi connectivity index (χ0n) is 15.6. The van der Waals surface area contributed by atoms with Gasteiger partial charge in [-0.2, -0.15) is 4.98 Å². The van der Waals surface area contributed by atoms with Crippen LogP contribution in [-0.2, 0) is 10.5 Å². The fourth-order valence-electron chi connectivity index (χ4n) is 3.87. The summed E-state index contributed by atoms with van der Waals surface area (Å²) >= 11 is 7.68. The van der Waals surface area contributed by atoms with E-state index in [1.54, 1.807) is 11.8 Å². The molecule has 1 unspecified atom stereocenters. The summed E-state index contributed by atoms with van der Waals surface area (Å²) in [5, 5.41) is 9.49. The maximum atomic E-state index is 12.8. The van der Waals surface area contributed by atoms with E-state index in [1.807, 2.05) is 47.1 Å². The summed E-state index contributed by atoms with van der Waals surface area (Å²) in [6.45, 7) is 0. The number of anilines is 1. The highest BCUT2D eigenvalue weighted by Gasteiger charge is 2.36. The lowest BCUT2D eigenvalue weighted by Crippen LogP contribution is -2.31. The van der Waals surface area contributed by atoms with Gasteiger partial charge >= 0.3 is 0 Å². The number of hydrogen-bond donors (Lipinski definition) is 1. The second-order valence-electron chi connectivity index (χ2n) is 7.18. The van der Waals surface area contributed by atoms with Crippen LogP contribution in [-0.4, -0.2) is 20.5 Å². The summed E-state index contributed by atoms with van der Waals surface area (Å²) in [6.07, 6.45) is 2.29. The van der Waals surface area contributed by atoms with Crippen molar-refractivity contribution in [1.82, 2.24) is 14.8 Å². The van der Waals surface area contributed by atoms with Crippen molar-refractivity contribution in [2.24, 2.45) is 0 Å². The molecule has 0 saturated carbocycles. The van der Waals surface area contributed by atoms with Gasteiger partial charge in [0.15, 0.2) is 5.78 Å². The van der Waals surface area contributed by atoms with Gasteiger partial charge < -0.3 is 5.32 Å². The summed E-state index contributed by atoms with van der Waals surface area (Å²) < 4.78 is 1.85. The molecule has 5 nitrogen and oxygen atoms in total. The highest BCUT2D eigenvalue weighted by atomic mass is 35.5. The molecule has 0 fully saturated rings. The third kappa shape index (κ3) is 3.58. The smallest absolute Gasteiger partial charge is 0.227 e. The maximum absolute atomic E-state index is 12.8. The van der Waals surface area contributed by atoms with Crippen molar-refractivity contribution in [2.75, 3.05) is 5.32 Å². The van der Waals surface area contributed by atoms with Gasteiger partial charge in [0.05, 0.1) is 0 Å². The van der Waals surface area contributed by atoms with Crippen LogP contribution in [0.25, 0.3) is 0 Å². The summed E-state index contributed by atoms with van der Waals surface area (Å²) in [7, 11) is 0. The Morgan fingerprint density at radius 2 is 1.90 bits per heavy atom. The molecular formula is C22H19ClN4OS. The first-order valence-corrected chi connectivity index (χ1v) is 11.0. The zero-order valence-corrected chi connectivity index (χ0v) is 17.2. The summed E-state index contributed by atoms with van der Waals surface area (Å²) in [5.74, 6) is 1.66. The van der Waals surface area contributed by atoms with E-state index in [2.05, 4.69) is 17.4 Å². The van der Waals surface area contributed by atoms with Crippen molar-refractivity contribution in [1.29, 1.82) is 0 Å². The molecule has 146 valence electrons. The predicted molar refractivity (Wildman–Crippen MR) is 115 cm³/mol. The van der Waals surface area contributed by atoms with E-state index in [0.717, 1.165) is 35.4 Å². The number of halogens is 1. The van der Waals surface area contributed by atoms with E-state index in [0.29, 0.717) is 22.5 Å². The molecule has 1 aromatic heterocycles. The highest BCUT2D eigenvalue weighted by molar-refractivity contribution is 7.98. The number of benzene rings is 2. The van der Waals surface area contributed by atoms with Crippen LogP contribution in [0.3, 0.4) is 0 Å². The minimum absolute atomic E-state index is 0.179. The Hall–Kier alpha value is -2.57. The van der Waals surface area contributed by atoms with Crippen molar-refractivity contribution in [3.8, 4) is 0 Å². The van der Waals surface area contributed by atoms with Gasteiger partial charge in [-0.25, -0.2) is 4.68 Å². The van der Waals surface area contributed by atoms with E-state index in [4.69, 9.17) is 21.7 Å². The molecule has 2 aliphatic rings. The van der Waals surface area contributed by atoms with Crippen LogP contribution in [0.5, 0.6) is 0 Å². The average molecular weight is 423 g/mol. The molecule has 0 saturated heterocycles. The van der Waals surface area contributed by atoms with Gasteiger partial charge in [-0.05, 0) is 36.1 Å². The first kappa shape index (κ1) is 18.5. The van der Waals surface area contributed by atoms with Crippen LogP contribution in [0, 0.1) is 0 Å². The Morgan fingerprint density at radius 3 is 2.69 bits per heavy atom. The van der Waals surface area contributed by atoms with Crippen LogP contribution < -0.4 is 5.32 Å². The van der Waals surface area contributed by atoms with Crippen molar-refractivity contribution < 1.29 is 4.79 Å². The SMILES string of the molecule is O=C1CCCC2=C1C(c1ccc(Cl)cc1)n1nc(SCc3ccccc3)nc1N2. The Balaban J connectivity index is 1.52. The first-order chi connectivity index (χ1) is 14.2. The zero-order chi connectivity index (χ0) is 19.8. The summed E-state index contributed by atoms with van der Waals surface area (Å²) in [5.41, 5.74) is 3.99. The molecule has 3 aromatic rings. The van der Waals surface area contributed by atoms with Crippen LogP contribution in [0.1, 0.15) is 36.4 Å². The van der Waals surface area contributed by atoms with E-state index < -0.39 is 0 Å². The lowest BCUT2D eigenvalue weighted by atomic mass is 9.85. The van der Waals surface area contributed by atoms with E-state index in [-0.39, 0.29) is 11.8 Å². The van der Waals surface area contributed by atoms with Crippen molar-refractivity contribution in [3.63, 3.8) is 0 Å². The number of nitrogens with zero attached hydrogens (tertiary/aromatic N) is 3. The van der Waals surface area contributed by atoms with Crippen LogP contribution in [0.4, 0.5) is 5.95 Å². The number of allylic oxidation sites excluding steroid dienone is 2. The molecule has 29 heavy (non-hydrogen) atoms. The quantitative estimate of drug-likeness (QED) is 0.582. The topological polar surface area (TPSA) is 59.8 Å². The number of carbonyl (C=O) groups excluding carboxylic acids is 1. The van der Waals surface area contributed by atoms with E-state index >= 15 is 0 Å². The third-order valence-electron chi connectivity index (χ3n) is 5.25. The van der Waals surface area contributed by atoms with Gasteiger partial charge in [0, 0.05) is 28.5 Å². The Morgan fingerprint density at radius 1 is 1.10 bits per heavy atom. The standard InChI is InChI=1S/C22H19ClN4OS/c23-16-11-9-15(10-12-16)20-19-17(7-4-8-18(19)28)24-21-25-22(26-27(20)21)29-13-14-5-2-1-3-6-14/h1-3,5-6,9-12,20H,4,7-8,13H2,(H,24,25,26). The third-order valence-corrected chi connectivity index (χ3v) is 6.41. The van der Waals surface area contributed by atoms with Gasteiger partial charge in [-0.1, -0.05) is 65.8 Å². The Kier molecular flexibility index (Phi) is 4.89. The van der Waals surface area contributed by atoms with Gasteiger partial charge in [-0.15, -0.1) is 5.10 Å². The minimum Gasteiger partial charge on any atom is -0.328 e. The molecule has 1 aliphatic carbocycles. The number of rotatable bonds is 4. The van der Waals surface area contributed by atoms with Crippen LogP contribution in [0.2, 0.25) is 5.02 Å². The Labute approximate surface area is 178 Å². The van der Waals surface area contributed by atoms with Gasteiger partial charge in [-0.3, -0.25) is 4.79 Å². The van der Waals surface area contributed by atoms with Gasteiger partial charge in [0.2, 0.25) is 11.1 Å². The first-order valence-electron chi connectivity index (χ1n) is 9.61. The fraction of sp³-hybridized carbons (Fsp3) is 0.227. The summed E-state index contributed by atoms with van der Waals surface area (Å²) in [4.78, 5) is 17.5. The predicted octanol–water partition coefficient (Wildman–Crippen LogP) is 5.25. The monoisotopic (exact) mass is 422 g/mol. The number of Topliss-reactive ketones (excluding diaryl/α,β-unsaturated/α-hetero) is 1. The van der Waals surface area contributed by atoms with Crippen molar-refractivity contribution in [2.45, 2.75) is 36.2 Å². The number of aromatic nitrogens is 3. The molecule has 2 heterocycles. The molecule has 1 aliphatic heterocycles. The minimum atomic E-state index is -0.273. The second kappa shape index (κ2) is 7.69. The van der Waals surface area contributed by atoms with Crippen LogP contribution >= 0.6 is 23.4 Å². The lowest BCUT2D eigenvalue weighted by Gasteiger charge is -2.32. The number of thioether (sulfide) groups is 1. The molecular weight excluding hydrogens is 404 g/mol. The molecule has 5 rings (SSSR count). The normalized spacial score (nSPS) is 18.2. The van der Waals surface area contributed by atoms with Crippen molar-refractivity contribution in [3.05, 3.63) is 82.0 Å². The molecule has 1 N–H and O–H groups in total. The molecule has 2 aromatic carbocycles. The largest absolute Gasteiger partial charge is 0.328 e. The second-order valence-corrected chi connectivity index (χ2v) is 8.56. The number of fused-ring (bicyclic) bond motifs is 1. The number of ketones is 1. The van der Waals surface area contributed by atoms with Gasteiger partial charge in [0.1, 0.15) is 6.04 Å². The van der Waals surface area contributed by atoms with E-state index in [9.17, 15) is 4.79 Å². The van der Waals surface area contributed by atoms with Crippen molar-refractivity contribution >= 4 is 35.1 Å². The van der Waals surface area contributed by atoms with Crippen LogP contribution in [0.15, 0.2) is 71.0 Å². The Bertz CT molecular complexity index is 1090. The fourth-order valence-corrected chi connectivity index (χ4v) is 4.78. The number of hydrogen-bond acceptors (Lipinski definition) is 5. The molecule has 0 radical (unpaired) electrons. The molecule has 0 bridgehead atoms. The molecule has 1 atom stereocenters. The number of nitrogens with one attached hydrogen (secondary N) is 1. The highest BCUT2D eigenvalue weighted by Crippen LogP contribution is 2.40. The van der Waals surface area contributed by atoms with E-state index in [1.165, 1.54) is 5.56 Å². The molecule has 0 amide bonds.